The summed E-state index contributed by atoms with van der Waals surface area (Å²) in [6.45, 7) is 12.8. The lowest BCUT2D eigenvalue weighted by Gasteiger charge is -2.60. The van der Waals surface area contributed by atoms with Crippen LogP contribution in [0.25, 0.3) is 0 Å². The standard InChI is InChI=1S/C25H38O3/c1-15-13-19-20(23(4)10-7-18(14-22(15)23)28-17(3)27)8-12-25(6)21(19)9-11-24(25,5)16(2)26/h18-21H,7-14H2,1-6H3/t18?,19?,20?,21?,23-,24-,25+/m1/s1. The zero-order valence-electron chi connectivity index (χ0n) is 18.7. The predicted octanol–water partition coefficient (Wildman–Crippen LogP) is 5.87. The molecule has 0 aromatic carbocycles. The molecule has 4 unspecified atom stereocenters. The molecule has 0 amide bonds. The summed E-state index contributed by atoms with van der Waals surface area (Å²) in [5, 5.41) is 0. The summed E-state index contributed by atoms with van der Waals surface area (Å²) in [6, 6.07) is 0. The normalized spacial score (nSPS) is 47.8. The molecule has 0 aliphatic heterocycles. The average Bonchev–Trinajstić information content (AvgIpc) is 2.89. The maximum atomic E-state index is 12.6. The van der Waals surface area contributed by atoms with Crippen LogP contribution in [0.15, 0.2) is 11.1 Å². The second-order valence-electron chi connectivity index (χ2n) is 11.1. The Bertz CT molecular complexity index is 736. The van der Waals surface area contributed by atoms with Crippen LogP contribution in [0.2, 0.25) is 0 Å². The third-order valence-corrected chi connectivity index (χ3v) is 10.1. The van der Waals surface area contributed by atoms with Crippen LogP contribution in [0, 0.1) is 34.0 Å². The Morgan fingerprint density at radius 2 is 1.61 bits per heavy atom. The number of Topliss-reactive ketones (excluding diaryl/α,β-unsaturated/α-hetero) is 1. The Morgan fingerprint density at radius 3 is 2.25 bits per heavy atom. The van der Waals surface area contributed by atoms with E-state index in [1.54, 1.807) is 11.1 Å². The molecular weight excluding hydrogens is 348 g/mol. The van der Waals surface area contributed by atoms with E-state index in [2.05, 4.69) is 27.7 Å². The van der Waals surface area contributed by atoms with E-state index in [1.165, 1.54) is 32.6 Å². The van der Waals surface area contributed by atoms with Crippen molar-refractivity contribution in [1.82, 2.24) is 0 Å². The maximum absolute atomic E-state index is 12.6. The second kappa shape index (κ2) is 6.44. The topological polar surface area (TPSA) is 43.4 Å². The Kier molecular flexibility index (Phi) is 4.64. The quantitative estimate of drug-likeness (QED) is 0.440. The van der Waals surface area contributed by atoms with Crippen LogP contribution in [0.5, 0.6) is 0 Å². The van der Waals surface area contributed by atoms with Crippen LogP contribution in [0.1, 0.15) is 92.9 Å². The fraction of sp³-hybridized carbons (Fsp3) is 0.840. The number of hydrogen-bond acceptors (Lipinski definition) is 3. The SMILES string of the molecule is CC(=O)OC1CC[C@@]2(C)C(=C(C)CC3C2CC[C@@]2(C)C3CC[C@]2(C)C(C)=O)C1. The van der Waals surface area contributed by atoms with Gasteiger partial charge in [-0.3, -0.25) is 9.59 Å². The highest BCUT2D eigenvalue weighted by Gasteiger charge is 2.64. The van der Waals surface area contributed by atoms with Gasteiger partial charge in [0.15, 0.2) is 0 Å². The minimum Gasteiger partial charge on any atom is -0.462 e. The second-order valence-corrected chi connectivity index (χ2v) is 11.1. The van der Waals surface area contributed by atoms with Crippen LogP contribution in [0.4, 0.5) is 0 Å². The lowest BCUT2D eigenvalue weighted by Crippen LogP contribution is -2.53. The van der Waals surface area contributed by atoms with Crippen molar-refractivity contribution in [3.05, 3.63) is 11.1 Å². The summed E-state index contributed by atoms with van der Waals surface area (Å²) in [5.41, 5.74) is 3.39. The fourth-order valence-electron chi connectivity index (χ4n) is 8.27. The van der Waals surface area contributed by atoms with E-state index in [9.17, 15) is 9.59 Å². The summed E-state index contributed by atoms with van der Waals surface area (Å²) in [7, 11) is 0. The molecule has 3 fully saturated rings. The molecule has 4 aliphatic carbocycles. The molecule has 3 nitrogen and oxygen atoms in total. The number of esters is 1. The monoisotopic (exact) mass is 386 g/mol. The van der Waals surface area contributed by atoms with E-state index in [-0.39, 0.29) is 28.3 Å². The van der Waals surface area contributed by atoms with E-state index in [4.69, 9.17) is 4.74 Å². The molecule has 3 heteroatoms. The lowest BCUT2D eigenvalue weighted by molar-refractivity contribution is -0.149. The van der Waals surface area contributed by atoms with Crippen molar-refractivity contribution in [1.29, 1.82) is 0 Å². The summed E-state index contributed by atoms with van der Waals surface area (Å²) < 4.78 is 5.60. The largest absolute Gasteiger partial charge is 0.462 e. The van der Waals surface area contributed by atoms with Crippen molar-refractivity contribution >= 4 is 11.8 Å². The Hall–Kier alpha value is -1.12. The Balaban J connectivity index is 1.66. The summed E-state index contributed by atoms with van der Waals surface area (Å²) in [5.74, 6) is 2.34. The molecule has 0 heterocycles. The number of ether oxygens (including phenoxy) is 1. The number of allylic oxidation sites excluding steroid dienone is 1. The van der Waals surface area contributed by atoms with Gasteiger partial charge in [0, 0.05) is 18.8 Å². The van der Waals surface area contributed by atoms with Crippen LogP contribution < -0.4 is 0 Å². The van der Waals surface area contributed by atoms with Crippen molar-refractivity contribution in [3.63, 3.8) is 0 Å². The van der Waals surface area contributed by atoms with Gasteiger partial charge in [-0.2, -0.15) is 0 Å². The van der Waals surface area contributed by atoms with Crippen molar-refractivity contribution < 1.29 is 14.3 Å². The highest BCUT2D eigenvalue weighted by Crippen LogP contribution is 2.70. The molecule has 7 atom stereocenters. The van der Waals surface area contributed by atoms with E-state index in [0.29, 0.717) is 17.6 Å². The zero-order chi connectivity index (χ0) is 20.5. The van der Waals surface area contributed by atoms with Crippen LogP contribution in [-0.4, -0.2) is 17.9 Å². The van der Waals surface area contributed by atoms with Gasteiger partial charge >= 0.3 is 5.97 Å². The molecule has 0 spiro atoms. The summed E-state index contributed by atoms with van der Waals surface area (Å²) in [6.07, 6.45) is 8.99. The summed E-state index contributed by atoms with van der Waals surface area (Å²) >= 11 is 0. The number of carbonyl (C=O) groups excluding carboxylic acids is 2. The number of hydrogen-bond donors (Lipinski definition) is 0. The first kappa shape index (κ1) is 20.2. The van der Waals surface area contributed by atoms with Crippen molar-refractivity contribution in [3.8, 4) is 0 Å². The fourth-order valence-corrected chi connectivity index (χ4v) is 8.27. The van der Waals surface area contributed by atoms with Gasteiger partial charge in [-0.1, -0.05) is 31.9 Å². The van der Waals surface area contributed by atoms with Gasteiger partial charge in [-0.05, 0) is 87.4 Å². The van der Waals surface area contributed by atoms with Crippen LogP contribution >= 0.6 is 0 Å². The minimum atomic E-state index is -0.150. The first-order chi connectivity index (χ1) is 13.0. The molecule has 3 saturated carbocycles. The summed E-state index contributed by atoms with van der Waals surface area (Å²) in [4.78, 5) is 24.1. The molecule has 0 aromatic rings. The van der Waals surface area contributed by atoms with Crippen molar-refractivity contribution in [2.24, 2.45) is 34.0 Å². The molecule has 4 aliphatic rings. The first-order valence-electron chi connectivity index (χ1n) is 11.4. The number of ketones is 1. The first-order valence-corrected chi connectivity index (χ1v) is 11.4. The van der Waals surface area contributed by atoms with Crippen molar-refractivity contribution in [2.75, 3.05) is 0 Å². The smallest absolute Gasteiger partial charge is 0.302 e. The molecule has 0 bridgehead atoms. The number of carbonyl (C=O) groups is 2. The van der Waals surface area contributed by atoms with Gasteiger partial charge < -0.3 is 4.74 Å². The van der Waals surface area contributed by atoms with Gasteiger partial charge in [0.2, 0.25) is 0 Å². The predicted molar refractivity (Wildman–Crippen MR) is 111 cm³/mol. The molecule has 0 saturated heterocycles. The highest BCUT2D eigenvalue weighted by molar-refractivity contribution is 5.83. The molecule has 28 heavy (non-hydrogen) atoms. The molecule has 0 aromatic heterocycles. The van der Waals surface area contributed by atoms with Gasteiger partial charge in [-0.25, -0.2) is 0 Å². The number of fused-ring (bicyclic) bond motifs is 5. The maximum Gasteiger partial charge on any atom is 0.302 e. The molecule has 0 N–H and O–H groups in total. The molecule has 4 rings (SSSR count). The van der Waals surface area contributed by atoms with Crippen LogP contribution in [-0.2, 0) is 14.3 Å². The van der Waals surface area contributed by atoms with Crippen molar-refractivity contribution in [2.45, 2.75) is 99.0 Å². The Labute approximate surface area is 170 Å². The average molecular weight is 387 g/mol. The van der Waals surface area contributed by atoms with E-state index < -0.39 is 0 Å². The lowest BCUT2D eigenvalue weighted by atomic mass is 9.44. The molecule has 0 radical (unpaired) electrons. The third kappa shape index (κ3) is 2.60. The van der Waals surface area contributed by atoms with Gasteiger partial charge in [0.1, 0.15) is 11.9 Å². The number of rotatable bonds is 2. The molecule has 156 valence electrons. The Morgan fingerprint density at radius 1 is 0.929 bits per heavy atom. The minimum absolute atomic E-state index is 0.0633. The third-order valence-electron chi connectivity index (χ3n) is 10.1. The van der Waals surface area contributed by atoms with E-state index in [1.807, 2.05) is 6.92 Å². The van der Waals surface area contributed by atoms with Crippen LogP contribution in [0.3, 0.4) is 0 Å². The molecular formula is C25H38O3. The van der Waals surface area contributed by atoms with Gasteiger partial charge in [-0.15, -0.1) is 0 Å². The zero-order valence-corrected chi connectivity index (χ0v) is 18.7. The van der Waals surface area contributed by atoms with Gasteiger partial charge in [0.25, 0.3) is 0 Å². The van der Waals surface area contributed by atoms with E-state index in [0.717, 1.165) is 31.6 Å². The highest BCUT2D eigenvalue weighted by atomic mass is 16.5. The van der Waals surface area contributed by atoms with Gasteiger partial charge in [0.05, 0.1) is 0 Å². The van der Waals surface area contributed by atoms with E-state index >= 15 is 0 Å².